The van der Waals surface area contributed by atoms with Crippen molar-refractivity contribution in [2.24, 2.45) is 7.05 Å². The van der Waals surface area contributed by atoms with Crippen molar-refractivity contribution in [3.63, 3.8) is 0 Å². The highest BCUT2D eigenvalue weighted by atomic mass is 31.1. The molecule has 0 saturated carbocycles. The molecule has 0 spiro atoms. The van der Waals surface area contributed by atoms with Crippen LogP contribution in [-0.2, 0) is 59.6 Å². The molecule has 2 aliphatic heterocycles. The van der Waals surface area contributed by atoms with Gasteiger partial charge in [-0.1, -0.05) is 30.3 Å². The number of halogens is 1. The van der Waals surface area contributed by atoms with Crippen LogP contribution in [0.25, 0.3) is 0 Å². The Morgan fingerprint density at radius 2 is 1.96 bits per heavy atom. The van der Waals surface area contributed by atoms with Crippen LogP contribution in [-0.4, -0.2) is 64.7 Å². The fourth-order valence-electron chi connectivity index (χ4n) is 5.06. The second-order valence-corrected chi connectivity index (χ2v) is 10.6. The lowest BCUT2D eigenvalue weighted by molar-refractivity contribution is -0.452. The zero-order valence-electron chi connectivity index (χ0n) is 24.8. The molecule has 2 aliphatic rings. The number of ether oxygens (including phenoxy) is 4. The maximum absolute atomic E-state index is 15.2. The van der Waals surface area contributed by atoms with Gasteiger partial charge in [0, 0.05) is 32.3 Å². The van der Waals surface area contributed by atoms with Gasteiger partial charge in [-0.15, -0.1) is 0 Å². The number of fused-ring (bicyclic) bond motifs is 1. The summed E-state index contributed by atoms with van der Waals surface area (Å²) in [5.74, 6) is -1.28. The van der Waals surface area contributed by atoms with Crippen molar-refractivity contribution < 1.29 is 46.8 Å². The summed E-state index contributed by atoms with van der Waals surface area (Å²) >= 11 is 0. The van der Waals surface area contributed by atoms with Crippen molar-refractivity contribution in [3.05, 3.63) is 77.4 Å². The van der Waals surface area contributed by atoms with E-state index in [4.69, 9.17) is 23.5 Å². The van der Waals surface area contributed by atoms with Crippen LogP contribution in [0.15, 0.2) is 54.7 Å². The number of cyclic esters (lactones) is 1. The topological polar surface area (TPSA) is 142 Å². The number of amides is 3. The SMILES string of the molecule is CCOC(OCc1ccccc1)(O[PH+]=O)OC(=O)N(CC1CN(c2ccc(N3Cc4cn(C)nc4C3)c(F)c2)C(=O)O1)C(C)=O. The maximum Gasteiger partial charge on any atom is 0.507 e. The number of hydrogen-bond donors (Lipinski definition) is 0. The molecule has 14 nitrogen and oxygen atoms in total. The Bertz CT molecular complexity index is 1550. The summed E-state index contributed by atoms with van der Waals surface area (Å²) in [4.78, 5) is 42.2. The first-order chi connectivity index (χ1) is 21.6. The van der Waals surface area contributed by atoms with Gasteiger partial charge >= 0.3 is 27.0 Å². The van der Waals surface area contributed by atoms with Gasteiger partial charge in [-0.3, -0.25) is 23.8 Å². The molecule has 3 atom stereocenters. The average Bonchev–Trinajstić information content (AvgIpc) is 3.67. The third-order valence-corrected chi connectivity index (χ3v) is 7.43. The first-order valence-corrected chi connectivity index (χ1v) is 14.8. The van der Waals surface area contributed by atoms with E-state index in [0.717, 1.165) is 18.2 Å². The minimum absolute atomic E-state index is 0.0705. The van der Waals surface area contributed by atoms with Crippen LogP contribution in [0.4, 0.5) is 25.4 Å². The quantitative estimate of drug-likeness (QED) is 0.207. The second kappa shape index (κ2) is 13.7. The smallest absolute Gasteiger partial charge is 0.442 e. The van der Waals surface area contributed by atoms with Crippen LogP contribution >= 0.6 is 8.69 Å². The predicted octanol–water partition coefficient (Wildman–Crippen LogP) is 4.21. The van der Waals surface area contributed by atoms with Crippen LogP contribution in [0.2, 0.25) is 0 Å². The van der Waals surface area contributed by atoms with E-state index in [2.05, 4.69) is 5.10 Å². The minimum Gasteiger partial charge on any atom is -0.442 e. The van der Waals surface area contributed by atoms with Crippen LogP contribution in [0.5, 0.6) is 0 Å². The van der Waals surface area contributed by atoms with E-state index >= 15 is 4.39 Å². The van der Waals surface area contributed by atoms with E-state index in [9.17, 15) is 18.9 Å². The van der Waals surface area contributed by atoms with E-state index in [1.54, 1.807) is 54.1 Å². The normalized spacial score (nSPS) is 17.2. The summed E-state index contributed by atoms with van der Waals surface area (Å²) in [6.45, 7) is 2.93. The van der Waals surface area contributed by atoms with Gasteiger partial charge in [0.15, 0.2) is 0 Å². The molecular weight excluding hydrogens is 612 g/mol. The molecule has 5 rings (SSSR count). The summed E-state index contributed by atoms with van der Waals surface area (Å²) in [5.41, 5.74) is 3.17. The van der Waals surface area contributed by atoms with Crippen LogP contribution < -0.4 is 9.80 Å². The molecular formula is C29H32FN5O9P+. The van der Waals surface area contributed by atoms with Crippen molar-refractivity contribution in [1.29, 1.82) is 0 Å². The van der Waals surface area contributed by atoms with Crippen molar-refractivity contribution in [2.45, 2.75) is 45.8 Å². The molecule has 1 fully saturated rings. The van der Waals surface area contributed by atoms with Crippen molar-refractivity contribution in [3.8, 4) is 0 Å². The van der Waals surface area contributed by atoms with Gasteiger partial charge in [0.25, 0.3) is 0 Å². The summed E-state index contributed by atoms with van der Waals surface area (Å²) in [5, 5.41) is 4.39. The maximum atomic E-state index is 15.2. The highest BCUT2D eigenvalue weighted by molar-refractivity contribution is 7.17. The number of benzene rings is 2. The summed E-state index contributed by atoms with van der Waals surface area (Å²) in [7, 11) is 0.387. The molecule has 3 amide bonds. The number of aromatic nitrogens is 2. The number of aryl methyl sites for hydroxylation is 1. The van der Waals surface area contributed by atoms with Crippen molar-refractivity contribution in [1.82, 2.24) is 14.7 Å². The van der Waals surface area contributed by atoms with Gasteiger partial charge in [-0.25, -0.2) is 18.9 Å². The molecule has 3 heterocycles. The van der Waals surface area contributed by atoms with Gasteiger partial charge in [0.05, 0.1) is 49.9 Å². The Kier molecular flexibility index (Phi) is 9.73. The van der Waals surface area contributed by atoms with E-state index in [1.807, 2.05) is 18.1 Å². The predicted molar refractivity (Wildman–Crippen MR) is 157 cm³/mol. The third-order valence-electron chi connectivity index (χ3n) is 7.10. The Labute approximate surface area is 259 Å². The molecule has 3 unspecified atom stereocenters. The van der Waals surface area contributed by atoms with Gasteiger partial charge in [-0.2, -0.15) is 5.10 Å². The highest BCUT2D eigenvalue weighted by Crippen LogP contribution is 2.33. The van der Waals surface area contributed by atoms with Crippen molar-refractivity contribution in [2.75, 3.05) is 29.5 Å². The van der Waals surface area contributed by atoms with E-state index < -0.39 is 51.4 Å². The monoisotopic (exact) mass is 644 g/mol. The van der Waals surface area contributed by atoms with Gasteiger partial charge in [0.1, 0.15) is 11.9 Å². The Morgan fingerprint density at radius 1 is 1.18 bits per heavy atom. The third kappa shape index (κ3) is 7.28. The largest absolute Gasteiger partial charge is 0.507 e. The van der Waals surface area contributed by atoms with Gasteiger partial charge < -0.3 is 14.4 Å². The highest BCUT2D eigenvalue weighted by Gasteiger charge is 2.47. The number of rotatable bonds is 12. The number of carbonyl (C=O) groups excluding carboxylic acids is 3. The molecule has 3 aromatic rings. The zero-order valence-corrected chi connectivity index (χ0v) is 25.8. The average molecular weight is 645 g/mol. The Morgan fingerprint density at radius 3 is 2.62 bits per heavy atom. The second-order valence-electron chi connectivity index (χ2n) is 10.3. The Hall–Kier alpha value is -4.43. The lowest BCUT2D eigenvalue weighted by Gasteiger charge is -2.28. The molecule has 0 radical (unpaired) electrons. The van der Waals surface area contributed by atoms with Crippen LogP contribution in [0, 0.1) is 5.82 Å². The lowest BCUT2D eigenvalue weighted by atomic mass is 10.2. The molecule has 1 aromatic heterocycles. The number of imide groups is 1. The van der Waals surface area contributed by atoms with Gasteiger partial charge in [0.2, 0.25) is 5.91 Å². The molecule has 2 aromatic carbocycles. The van der Waals surface area contributed by atoms with E-state index in [1.165, 1.54) is 11.0 Å². The summed E-state index contributed by atoms with van der Waals surface area (Å²) < 4.78 is 55.1. The minimum atomic E-state index is -2.53. The molecule has 238 valence electrons. The number of carbonyl (C=O) groups is 3. The number of anilines is 2. The van der Waals surface area contributed by atoms with Crippen molar-refractivity contribution >= 4 is 38.2 Å². The molecule has 0 N–H and O–H groups in total. The molecule has 45 heavy (non-hydrogen) atoms. The van der Waals surface area contributed by atoms with E-state index in [-0.39, 0.29) is 25.4 Å². The van der Waals surface area contributed by atoms with Crippen LogP contribution in [0.3, 0.4) is 0 Å². The number of hydrogen-bond acceptors (Lipinski definition) is 11. The standard InChI is InChI=1S/C29H32FN5O9P/c1-4-40-29(44-45-39,41-18-20-8-6-5-7-9-20)43-28(38)34(19(2)36)15-23-16-35(27(37)42-23)22-10-11-26(24(30)12-22)33-14-21-13-32(3)31-25(21)17-33/h5-13,23,45H,4,14-18H2,1-3H3/q+1. The van der Waals surface area contributed by atoms with Crippen LogP contribution in [0.1, 0.15) is 30.7 Å². The summed E-state index contributed by atoms with van der Waals surface area (Å²) in [6.07, 6.45) is -3.65. The first-order valence-electron chi connectivity index (χ1n) is 14.0. The lowest BCUT2D eigenvalue weighted by Crippen LogP contribution is -2.49. The fraction of sp³-hybridized carbons (Fsp3) is 0.379. The Balaban J connectivity index is 1.24. The van der Waals surface area contributed by atoms with Gasteiger partial charge in [-0.05, 0) is 39.8 Å². The fourth-order valence-corrected chi connectivity index (χ4v) is 5.32. The molecule has 16 heteroatoms. The molecule has 0 aliphatic carbocycles. The van der Waals surface area contributed by atoms with E-state index in [0.29, 0.717) is 29.2 Å². The first kappa shape index (κ1) is 32.0. The number of nitrogens with zero attached hydrogens (tertiary/aromatic N) is 5. The molecule has 0 bridgehead atoms. The zero-order chi connectivity index (χ0) is 32.1. The summed E-state index contributed by atoms with van der Waals surface area (Å²) in [6, 6.07) is 13.2. The molecule has 1 saturated heterocycles.